The molecular weight excluding hydrogens is 458 g/mol. The number of para-hydroxylation sites is 1. The van der Waals surface area contributed by atoms with E-state index in [1.54, 1.807) is 22.9 Å². The Kier molecular flexibility index (Phi) is 6.56. The number of hydrogen-bond donors (Lipinski definition) is 0. The first-order chi connectivity index (χ1) is 17.5. The number of anilines is 1. The molecule has 36 heavy (non-hydrogen) atoms. The second-order valence-corrected chi connectivity index (χ2v) is 9.14. The molecule has 5 rings (SSSR count). The van der Waals surface area contributed by atoms with E-state index in [2.05, 4.69) is 11.9 Å². The number of carbonyl (C=O) groups excluding carboxylic acids is 1. The maximum atomic E-state index is 13.6. The normalized spacial score (nSPS) is 15.3. The lowest BCUT2D eigenvalue weighted by molar-refractivity contribution is -0.119. The summed E-state index contributed by atoms with van der Waals surface area (Å²) in [5.41, 5.74) is 2.32. The van der Waals surface area contributed by atoms with E-state index in [1.165, 1.54) is 4.57 Å². The topological polar surface area (TPSA) is 91.4 Å². The largest absolute Gasteiger partial charge is 0.383 e. The van der Waals surface area contributed by atoms with Gasteiger partial charge in [0.15, 0.2) is 11.2 Å². The van der Waals surface area contributed by atoms with Crippen molar-refractivity contribution < 1.29 is 9.53 Å². The van der Waals surface area contributed by atoms with Gasteiger partial charge >= 0.3 is 5.69 Å². The van der Waals surface area contributed by atoms with Crippen LogP contribution in [0.3, 0.4) is 0 Å². The maximum Gasteiger partial charge on any atom is 0.333 e. The summed E-state index contributed by atoms with van der Waals surface area (Å²) in [5, 5.41) is 0. The van der Waals surface area contributed by atoms with Crippen LogP contribution in [0.25, 0.3) is 11.2 Å². The van der Waals surface area contributed by atoms with E-state index < -0.39 is 11.2 Å². The number of aromatic nitrogens is 4. The fourth-order valence-electron chi connectivity index (χ4n) is 4.87. The van der Waals surface area contributed by atoms with Gasteiger partial charge in [-0.3, -0.25) is 14.2 Å². The highest BCUT2D eigenvalue weighted by Crippen LogP contribution is 2.34. The summed E-state index contributed by atoms with van der Waals surface area (Å²) in [4.78, 5) is 46.8. The van der Waals surface area contributed by atoms with E-state index in [4.69, 9.17) is 4.74 Å². The predicted molar refractivity (Wildman–Crippen MR) is 137 cm³/mol. The van der Waals surface area contributed by atoms with E-state index in [0.717, 1.165) is 27.8 Å². The van der Waals surface area contributed by atoms with Gasteiger partial charge in [-0.15, -0.1) is 0 Å². The smallest absolute Gasteiger partial charge is 0.333 e. The molecule has 4 aromatic rings. The zero-order chi connectivity index (χ0) is 25.2. The summed E-state index contributed by atoms with van der Waals surface area (Å²) in [6, 6.07) is 17.3. The molecule has 9 heteroatoms. The summed E-state index contributed by atoms with van der Waals surface area (Å²) >= 11 is 0. The van der Waals surface area contributed by atoms with E-state index >= 15 is 0 Å². The summed E-state index contributed by atoms with van der Waals surface area (Å²) in [6.07, 6.45) is 2.36. The summed E-state index contributed by atoms with van der Waals surface area (Å²) in [5.74, 6) is 0.0460. The van der Waals surface area contributed by atoms with Gasteiger partial charge in [0.25, 0.3) is 5.56 Å². The molecule has 0 spiro atoms. The molecule has 0 fully saturated rings. The van der Waals surface area contributed by atoms with Gasteiger partial charge in [-0.1, -0.05) is 55.5 Å². The third kappa shape index (κ3) is 4.26. The summed E-state index contributed by atoms with van der Waals surface area (Å²) < 4.78 is 9.37. The van der Waals surface area contributed by atoms with Crippen LogP contribution in [0.4, 0.5) is 5.69 Å². The Morgan fingerprint density at radius 2 is 1.81 bits per heavy atom. The Morgan fingerprint density at radius 3 is 2.58 bits per heavy atom. The number of benzene rings is 2. The van der Waals surface area contributed by atoms with Gasteiger partial charge in [-0.05, 0) is 29.5 Å². The van der Waals surface area contributed by atoms with Crippen molar-refractivity contribution in [2.45, 2.75) is 38.9 Å². The molecule has 186 valence electrons. The lowest BCUT2D eigenvalue weighted by Gasteiger charge is -2.33. The van der Waals surface area contributed by atoms with Crippen molar-refractivity contribution in [2.24, 2.45) is 0 Å². The molecule has 2 aromatic heterocycles. The number of amides is 1. The molecular formula is C27H29N5O4. The molecule has 0 aliphatic carbocycles. The van der Waals surface area contributed by atoms with Crippen molar-refractivity contribution >= 4 is 22.8 Å². The first-order valence-electron chi connectivity index (χ1n) is 12.1. The second-order valence-electron chi connectivity index (χ2n) is 9.14. The van der Waals surface area contributed by atoms with Crippen molar-refractivity contribution in [3.05, 3.63) is 92.9 Å². The molecule has 2 aromatic carbocycles. The summed E-state index contributed by atoms with van der Waals surface area (Å²) in [7, 11) is 1.58. The quantitative estimate of drug-likeness (QED) is 0.400. The third-order valence-corrected chi connectivity index (χ3v) is 6.84. The predicted octanol–water partition coefficient (Wildman–Crippen LogP) is 2.59. The van der Waals surface area contributed by atoms with E-state index in [0.29, 0.717) is 31.3 Å². The minimum Gasteiger partial charge on any atom is -0.383 e. The summed E-state index contributed by atoms with van der Waals surface area (Å²) in [6.45, 7) is 3.35. The second kappa shape index (κ2) is 9.94. The highest BCUT2D eigenvalue weighted by atomic mass is 16.5. The molecule has 1 aliphatic heterocycles. The van der Waals surface area contributed by atoms with Crippen LogP contribution in [0.1, 0.15) is 30.4 Å². The van der Waals surface area contributed by atoms with Gasteiger partial charge in [0, 0.05) is 25.9 Å². The lowest BCUT2D eigenvalue weighted by Crippen LogP contribution is -2.46. The average Bonchev–Trinajstić information content (AvgIpc) is 3.32. The Hall–Kier alpha value is -3.98. The Balaban J connectivity index is 1.60. The SMILES string of the molecule is COCCn1cnc2c1c(=O)n(CC(=O)N1CCC(C)c3ccccc31)c(=O)n2Cc1ccccc1. The number of imidazole rings is 1. The first kappa shape index (κ1) is 23.7. The van der Waals surface area contributed by atoms with Crippen molar-refractivity contribution in [3.63, 3.8) is 0 Å². The minimum atomic E-state index is -0.555. The van der Waals surface area contributed by atoms with Crippen molar-refractivity contribution in [1.82, 2.24) is 18.7 Å². The molecule has 0 radical (unpaired) electrons. The maximum absolute atomic E-state index is 13.6. The highest BCUT2D eigenvalue weighted by Gasteiger charge is 2.28. The Bertz CT molecular complexity index is 1520. The highest BCUT2D eigenvalue weighted by molar-refractivity contribution is 5.94. The monoisotopic (exact) mass is 487 g/mol. The van der Waals surface area contributed by atoms with Gasteiger partial charge in [0.2, 0.25) is 5.91 Å². The van der Waals surface area contributed by atoms with Crippen molar-refractivity contribution in [2.75, 3.05) is 25.2 Å². The van der Waals surface area contributed by atoms with E-state index in [9.17, 15) is 14.4 Å². The first-order valence-corrected chi connectivity index (χ1v) is 12.1. The van der Waals surface area contributed by atoms with Crippen LogP contribution < -0.4 is 16.1 Å². The average molecular weight is 488 g/mol. The number of carbonyl (C=O) groups is 1. The van der Waals surface area contributed by atoms with Gasteiger partial charge in [-0.2, -0.15) is 0 Å². The third-order valence-electron chi connectivity index (χ3n) is 6.84. The van der Waals surface area contributed by atoms with Gasteiger partial charge in [0.05, 0.1) is 19.5 Å². The standard InChI is InChI=1S/C27H29N5O4/c1-19-12-13-30(22-11-7-6-10-21(19)22)23(33)17-32-26(34)24-25(28-18-29(24)14-15-36-2)31(27(32)35)16-20-8-4-3-5-9-20/h3-11,18-19H,12-17H2,1-2H3. The molecule has 0 N–H and O–H groups in total. The zero-order valence-electron chi connectivity index (χ0n) is 20.5. The molecule has 1 amide bonds. The number of rotatable bonds is 7. The number of methoxy groups -OCH3 is 1. The molecule has 1 aliphatic rings. The Labute approximate surface area is 208 Å². The number of ether oxygens (including phenoxy) is 1. The molecule has 1 atom stereocenters. The van der Waals surface area contributed by atoms with Gasteiger partial charge < -0.3 is 14.2 Å². The molecule has 9 nitrogen and oxygen atoms in total. The lowest BCUT2D eigenvalue weighted by atomic mass is 9.91. The van der Waals surface area contributed by atoms with Crippen LogP contribution in [0.15, 0.2) is 70.5 Å². The van der Waals surface area contributed by atoms with Crippen molar-refractivity contribution in [3.8, 4) is 0 Å². The van der Waals surface area contributed by atoms with E-state index in [1.807, 2.05) is 54.6 Å². The number of hydrogen-bond acceptors (Lipinski definition) is 5. The molecule has 0 saturated heterocycles. The molecule has 0 saturated carbocycles. The Morgan fingerprint density at radius 1 is 1.06 bits per heavy atom. The van der Waals surface area contributed by atoms with Crippen LogP contribution in [0.2, 0.25) is 0 Å². The molecule has 0 bridgehead atoms. The van der Waals surface area contributed by atoms with Gasteiger partial charge in [-0.25, -0.2) is 14.3 Å². The number of nitrogens with zero attached hydrogens (tertiary/aromatic N) is 5. The van der Waals surface area contributed by atoms with Crippen LogP contribution >= 0.6 is 0 Å². The molecule has 1 unspecified atom stereocenters. The minimum absolute atomic E-state index is 0.232. The zero-order valence-corrected chi connectivity index (χ0v) is 20.5. The van der Waals surface area contributed by atoms with Crippen LogP contribution in [0, 0.1) is 0 Å². The fourth-order valence-corrected chi connectivity index (χ4v) is 4.87. The van der Waals surface area contributed by atoms with Gasteiger partial charge in [0.1, 0.15) is 6.54 Å². The van der Waals surface area contributed by atoms with Crippen LogP contribution in [-0.4, -0.2) is 44.9 Å². The molecule has 3 heterocycles. The van der Waals surface area contributed by atoms with Crippen molar-refractivity contribution in [1.29, 1.82) is 0 Å². The fraction of sp³-hybridized carbons (Fsp3) is 0.333. The van der Waals surface area contributed by atoms with Crippen LogP contribution in [0.5, 0.6) is 0 Å². The van der Waals surface area contributed by atoms with Crippen LogP contribution in [-0.2, 0) is 29.2 Å². The van der Waals surface area contributed by atoms with E-state index in [-0.39, 0.29) is 24.5 Å². The number of fused-ring (bicyclic) bond motifs is 2.